The van der Waals surface area contributed by atoms with Crippen LogP contribution in [0.4, 0.5) is 4.39 Å². The Morgan fingerprint density at radius 3 is 2.50 bits per heavy atom. The van der Waals surface area contributed by atoms with E-state index in [0.717, 1.165) is 0 Å². The second kappa shape index (κ2) is 5.89. The normalized spacial score (nSPS) is 12.6. The molecule has 3 nitrogen and oxygen atoms in total. The molecule has 1 N–H and O–H groups in total. The number of hydrogen-bond acceptors (Lipinski definition) is 2. The fourth-order valence-electron chi connectivity index (χ4n) is 1.41. The minimum Gasteiger partial charge on any atom is -0.489 e. The molecule has 0 bridgehead atoms. The lowest BCUT2D eigenvalue weighted by Gasteiger charge is -2.19. The molecule has 0 fully saturated rings. The molecule has 0 aromatic heterocycles. The van der Waals surface area contributed by atoms with Crippen LogP contribution in [-0.2, 0) is 4.79 Å². The van der Waals surface area contributed by atoms with Crippen molar-refractivity contribution in [3.63, 3.8) is 0 Å². The monoisotopic (exact) mass is 338 g/mol. The molecule has 0 saturated carbocycles. The van der Waals surface area contributed by atoms with E-state index in [-0.39, 0.29) is 21.3 Å². The molecule has 1 rings (SSSR count). The Labute approximate surface area is 118 Å². The van der Waals surface area contributed by atoms with Crippen molar-refractivity contribution in [3.05, 3.63) is 26.9 Å². The number of carboxylic acid groups (broad SMARTS) is 1. The zero-order chi connectivity index (χ0) is 14.0. The van der Waals surface area contributed by atoms with Crippen molar-refractivity contribution in [3.8, 4) is 5.75 Å². The Hall–Kier alpha value is -0.810. The summed E-state index contributed by atoms with van der Waals surface area (Å²) in [4.78, 5) is 11.0. The van der Waals surface area contributed by atoms with Crippen LogP contribution in [-0.4, -0.2) is 17.2 Å². The van der Waals surface area contributed by atoms with Gasteiger partial charge in [0.05, 0.1) is 21.5 Å². The van der Waals surface area contributed by atoms with Crippen molar-refractivity contribution < 1.29 is 19.0 Å². The van der Waals surface area contributed by atoms with E-state index in [0.29, 0.717) is 5.56 Å². The first-order valence-corrected chi connectivity index (χ1v) is 6.49. The number of halogens is 3. The van der Waals surface area contributed by atoms with Crippen molar-refractivity contribution in [2.75, 3.05) is 0 Å². The van der Waals surface area contributed by atoms with Gasteiger partial charge in [0.2, 0.25) is 0 Å². The minimum absolute atomic E-state index is 0.0480. The van der Waals surface area contributed by atoms with Gasteiger partial charge in [-0.2, -0.15) is 0 Å². The summed E-state index contributed by atoms with van der Waals surface area (Å²) in [6.45, 7) is 5.04. The average molecular weight is 340 g/mol. The molecule has 1 atom stereocenters. The van der Waals surface area contributed by atoms with E-state index in [1.807, 2.05) is 0 Å². The standard InChI is InChI=1S/C12H13BrClFO3/c1-5(2)18-11-7(6(3)12(16)17)4-8(14)10(15)9(11)13/h4-6H,1-3H3,(H,16,17)/t6-/m0/s1. The Balaban J connectivity index is 3.43. The number of ether oxygens (including phenoxy) is 1. The lowest BCUT2D eigenvalue weighted by atomic mass is 10.00. The van der Waals surface area contributed by atoms with E-state index in [2.05, 4.69) is 15.9 Å². The summed E-state index contributed by atoms with van der Waals surface area (Å²) < 4.78 is 19.2. The van der Waals surface area contributed by atoms with Gasteiger partial charge in [0.15, 0.2) is 5.82 Å². The zero-order valence-corrected chi connectivity index (χ0v) is 12.5. The molecular formula is C12H13BrClFO3. The van der Waals surface area contributed by atoms with E-state index < -0.39 is 17.7 Å². The molecule has 0 radical (unpaired) electrons. The van der Waals surface area contributed by atoms with Crippen molar-refractivity contribution in [2.45, 2.75) is 32.8 Å². The summed E-state index contributed by atoms with van der Waals surface area (Å²) in [7, 11) is 0. The molecule has 6 heteroatoms. The highest BCUT2D eigenvalue weighted by Gasteiger charge is 2.25. The second-order valence-corrected chi connectivity index (χ2v) is 5.33. The highest BCUT2D eigenvalue weighted by molar-refractivity contribution is 9.10. The predicted octanol–water partition coefficient (Wildman–Crippen LogP) is 4.22. The van der Waals surface area contributed by atoms with E-state index >= 15 is 0 Å². The summed E-state index contributed by atoms with van der Waals surface area (Å²) in [5.41, 5.74) is 0.342. The molecule has 18 heavy (non-hydrogen) atoms. The van der Waals surface area contributed by atoms with Gasteiger partial charge < -0.3 is 9.84 Å². The van der Waals surface area contributed by atoms with Crippen LogP contribution in [0.2, 0.25) is 5.02 Å². The number of carboxylic acids is 1. The highest BCUT2D eigenvalue weighted by Crippen LogP contribution is 2.40. The highest BCUT2D eigenvalue weighted by atomic mass is 79.9. The largest absolute Gasteiger partial charge is 0.489 e. The van der Waals surface area contributed by atoms with Gasteiger partial charge in [-0.3, -0.25) is 4.79 Å². The molecule has 0 aliphatic carbocycles. The molecule has 0 aliphatic rings. The summed E-state index contributed by atoms with van der Waals surface area (Å²) in [6.07, 6.45) is -0.207. The van der Waals surface area contributed by atoms with Crippen molar-refractivity contribution in [1.82, 2.24) is 0 Å². The number of carbonyl (C=O) groups is 1. The molecule has 0 aliphatic heterocycles. The van der Waals surface area contributed by atoms with Crippen LogP contribution in [0.3, 0.4) is 0 Å². The Morgan fingerprint density at radius 1 is 1.50 bits per heavy atom. The lowest BCUT2D eigenvalue weighted by Crippen LogP contribution is -2.14. The Morgan fingerprint density at radius 2 is 2.06 bits per heavy atom. The first-order chi connectivity index (χ1) is 8.25. The SMILES string of the molecule is CC(C)Oc1c([C@H](C)C(=O)O)cc(Cl)c(F)c1Br. The topological polar surface area (TPSA) is 46.5 Å². The zero-order valence-electron chi connectivity index (χ0n) is 10.1. The first-order valence-electron chi connectivity index (χ1n) is 5.32. The van der Waals surface area contributed by atoms with Crippen LogP contribution in [0, 0.1) is 5.82 Å². The van der Waals surface area contributed by atoms with Crippen LogP contribution in [0.25, 0.3) is 0 Å². The van der Waals surface area contributed by atoms with E-state index in [1.165, 1.54) is 13.0 Å². The quantitative estimate of drug-likeness (QED) is 0.836. The number of hydrogen-bond donors (Lipinski definition) is 1. The summed E-state index contributed by atoms with van der Waals surface area (Å²) in [5.74, 6) is -2.35. The Kier molecular flexibility index (Phi) is 4.99. The molecule has 0 unspecified atom stereocenters. The third-order valence-corrected chi connectivity index (χ3v) is 3.32. The fourth-order valence-corrected chi connectivity index (χ4v) is 2.27. The average Bonchev–Trinajstić information content (AvgIpc) is 2.28. The van der Waals surface area contributed by atoms with Gasteiger partial charge in [0, 0.05) is 5.56 Å². The molecular weight excluding hydrogens is 326 g/mol. The van der Waals surface area contributed by atoms with Crippen LogP contribution < -0.4 is 4.74 Å². The summed E-state index contributed by atoms with van der Waals surface area (Å²) in [5, 5.41) is 8.90. The fraction of sp³-hybridized carbons (Fsp3) is 0.417. The third-order valence-electron chi connectivity index (χ3n) is 2.34. The van der Waals surface area contributed by atoms with Crippen molar-refractivity contribution in [1.29, 1.82) is 0 Å². The maximum atomic E-state index is 13.7. The van der Waals surface area contributed by atoms with Gasteiger partial charge in [-0.1, -0.05) is 11.6 Å². The molecule has 100 valence electrons. The maximum absolute atomic E-state index is 13.7. The van der Waals surface area contributed by atoms with E-state index in [9.17, 15) is 9.18 Å². The number of benzene rings is 1. The van der Waals surface area contributed by atoms with Gasteiger partial charge in [-0.05, 0) is 42.8 Å². The van der Waals surface area contributed by atoms with Crippen LogP contribution in [0.1, 0.15) is 32.3 Å². The first kappa shape index (κ1) is 15.2. The van der Waals surface area contributed by atoms with Gasteiger partial charge in [-0.15, -0.1) is 0 Å². The maximum Gasteiger partial charge on any atom is 0.310 e. The van der Waals surface area contributed by atoms with Crippen molar-refractivity contribution >= 4 is 33.5 Å². The lowest BCUT2D eigenvalue weighted by molar-refractivity contribution is -0.138. The summed E-state index contributed by atoms with van der Waals surface area (Å²) in [6, 6.07) is 1.29. The van der Waals surface area contributed by atoms with E-state index in [4.69, 9.17) is 21.4 Å². The van der Waals surface area contributed by atoms with Crippen molar-refractivity contribution in [2.24, 2.45) is 0 Å². The third kappa shape index (κ3) is 3.14. The Bertz CT molecular complexity index is 477. The molecule has 0 heterocycles. The number of aliphatic carboxylic acids is 1. The van der Waals surface area contributed by atoms with Gasteiger partial charge in [0.1, 0.15) is 5.75 Å². The molecule has 1 aromatic rings. The molecule has 1 aromatic carbocycles. The summed E-state index contributed by atoms with van der Waals surface area (Å²) >= 11 is 8.77. The van der Waals surface area contributed by atoms with Crippen LogP contribution in [0.15, 0.2) is 10.5 Å². The van der Waals surface area contributed by atoms with Crippen LogP contribution in [0.5, 0.6) is 5.75 Å². The van der Waals surface area contributed by atoms with Gasteiger partial charge >= 0.3 is 5.97 Å². The van der Waals surface area contributed by atoms with Gasteiger partial charge in [0.25, 0.3) is 0 Å². The minimum atomic E-state index is -1.03. The number of rotatable bonds is 4. The molecule has 0 saturated heterocycles. The molecule has 0 amide bonds. The van der Waals surface area contributed by atoms with E-state index in [1.54, 1.807) is 13.8 Å². The smallest absolute Gasteiger partial charge is 0.310 e. The predicted molar refractivity (Wildman–Crippen MR) is 70.9 cm³/mol. The van der Waals surface area contributed by atoms with Crippen LogP contribution >= 0.6 is 27.5 Å². The second-order valence-electron chi connectivity index (χ2n) is 4.13. The molecule has 0 spiro atoms. The van der Waals surface area contributed by atoms with Gasteiger partial charge in [-0.25, -0.2) is 4.39 Å².